The summed E-state index contributed by atoms with van der Waals surface area (Å²) < 4.78 is 17.4. The van der Waals surface area contributed by atoms with Gasteiger partial charge in [0.2, 0.25) is 6.04 Å². The lowest BCUT2D eigenvalue weighted by molar-refractivity contribution is -0.147. The summed E-state index contributed by atoms with van der Waals surface area (Å²) in [6, 6.07) is 6.02. The molecule has 0 aromatic heterocycles. The minimum absolute atomic E-state index is 0.0165. The number of rotatable bonds is 7. The van der Waals surface area contributed by atoms with Crippen LogP contribution in [0.5, 0.6) is 5.75 Å². The highest BCUT2D eigenvalue weighted by atomic mass is 28.4. The largest absolute Gasteiger partial charge is 0.497 e. The number of nitrogens with zero attached hydrogens (tertiary/aromatic N) is 2. The fraction of sp³-hybridized carbons (Fsp3) is 0.667. The lowest BCUT2D eigenvalue weighted by Gasteiger charge is -2.37. The van der Waals surface area contributed by atoms with Gasteiger partial charge in [-0.25, -0.2) is 9.59 Å². The lowest BCUT2D eigenvalue weighted by atomic mass is 10.1. The van der Waals surface area contributed by atoms with E-state index in [1.807, 2.05) is 29.2 Å². The number of urea groups is 1. The predicted molar refractivity (Wildman–Crippen MR) is 172 cm³/mol. The minimum Gasteiger partial charge on any atom is -0.497 e. The van der Waals surface area contributed by atoms with Crippen molar-refractivity contribution in [1.82, 2.24) is 15.1 Å². The van der Waals surface area contributed by atoms with Crippen LogP contribution >= 0.6 is 0 Å². The Kier molecular flexibility index (Phi) is 12.8. The maximum Gasteiger partial charge on any atom is 0.468 e. The number of benzene rings is 1. The number of esters is 1. The quantitative estimate of drug-likeness (QED) is 0.178. The zero-order valence-corrected chi connectivity index (χ0v) is 28.3. The number of carbonyl (C=O) groups is 3. The van der Waals surface area contributed by atoms with Crippen LogP contribution in [0.25, 0.3) is 0 Å². The van der Waals surface area contributed by atoms with Gasteiger partial charge in [0.1, 0.15) is 17.9 Å². The van der Waals surface area contributed by atoms with Gasteiger partial charge in [0, 0.05) is 13.0 Å². The average Bonchev–Trinajstić information content (AvgIpc) is 3.37. The molecule has 10 heteroatoms. The predicted octanol–water partition coefficient (Wildman–Crippen LogP) is 5.88. The molecule has 3 unspecified atom stereocenters. The highest BCUT2D eigenvalue weighted by molar-refractivity contribution is 6.74. The maximum absolute atomic E-state index is 14.3. The molecule has 3 rings (SSSR count). The summed E-state index contributed by atoms with van der Waals surface area (Å²) in [5, 5.41) is 2.93. The first-order chi connectivity index (χ1) is 20.4. The monoisotopic (exact) mass is 615 g/mol. The molecule has 239 valence electrons. The van der Waals surface area contributed by atoms with Crippen LogP contribution in [-0.4, -0.2) is 76.1 Å². The van der Waals surface area contributed by atoms with Gasteiger partial charge >= 0.3 is 12.0 Å². The Labute approximate surface area is 259 Å². The van der Waals surface area contributed by atoms with Crippen LogP contribution in [0.3, 0.4) is 0 Å². The fourth-order valence-electron chi connectivity index (χ4n) is 5.31. The first-order valence-electron chi connectivity index (χ1n) is 15.8. The molecule has 3 atom stereocenters. The van der Waals surface area contributed by atoms with Crippen molar-refractivity contribution in [1.29, 1.82) is 0 Å². The Hall–Kier alpha value is -2.69. The van der Waals surface area contributed by atoms with E-state index in [9.17, 15) is 14.4 Å². The molecule has 0 saturated carbocycles. The Bertz CT molecular complexity index is 1100. The van der Waals surface area contributed by atoms with Crippen LogP contribution in [0.15, 0.2) is 36.4 Å². The zero-order valence-electron chi connectivity index (χ0n) is 27.3. The van der Waals surface area contributed by atoms with Gasteiger partial charge in [-0.2, -0.15) is 0 Å². The van der Waals surface area contributed by atoms with Gasteiger partial charge in [0.25, 0.3) is 5.91 Å². The molecule has 0 bridgehead atoms. The summed E-state index contributed by atoms with van der Waals surface area (Å²) in [6.45, 7) is 14.3. The molecular formula is C33H53N3O6Si+. The van der Waals surface area contributed by atoms with Crippen molar-refractivity contribution in [2.75, 3.05) is 26.8 Å². The SMILES string of the molecule is CCOC(=O)C1CCC=CCCCCCN(Cc2ccc(OC)cc2)C(=O)[N+]2CC(O[Si](C)(C)C(C)(C)C)CC2C(=O)N1. The van der Waals surface area contributed by atoms with E-state index < -0.39 is 26.4 Å². The van der Waals surface area contributed by atoms with Gasteiger partial charge in [0.05, 0.1) is 20.3 Å². The first-order valence-corrected chi connectivity index (χ1v) is 18.8. The van der Waals surface area contributed by atoms with Crippen molar-refractivity contribution in [2.45, 2.75) is 116 Å². The standard InChI is InChI=1S/C33H53N3O6Si/c1-8-41-31(38)28-16-14-12-10-9-11-13-15-21-35(23-25-17-19-26(40-5)20-18-25)32(39)36-24-27(22-29(36)30(37)34-28)42-43(6,7)33(2,3)4/h10,12,17-20,27-29H,8-9,11,13-16,21-24H2,1-7H3,(H,34,37)/q+1. The second kappa shape index (κ2) is 15.9. The van der Waals surface area contributed by atoms with Crippen molar-refractivity contribution < 1.29 is 28.3 Å². The van der Waals surface area contributed by atoms with Crippen LogP contribution in [0.1, 0.15) is 78.2 Å². The molecule has 0 spiro atoms. The van der Waals surface area contributed by atoms with Crippen molar-refractivity contribution in [3.05, 3.63) is 42.0 Å². The third kappa shape index (κ3) is 9.91. The van der Waals surface area contributed by atoms with E-state index in [-0.39, 0.29) is 29.7 Å². The van der Waals surface area contributed by atoms with E-state index in [4.69, 9.17) is 13.9 Å². The van der Waals surface area contributed by atoms with Gasteiger partial charge in [-0.15, -0.1) is 0 Å². The molecule has 0 aliphatic carbocycles. The smallest absolute Gasteiger partial charge is 0.468 e. The van der Waals surface area contributed by atoms with E-state index >= 15 is 0 Å². The van der Waals surface area contributed by atoms with E-state index in [1.165, 1.54) is 0 Å². The molecule has 1 aromatic carbocycles. The summed E-state index contributed by atoms with van der Waals surface area (Å²) >= 11 is 0. The van der Waals surface area contributed by atoms with Crippen LogP contribution < -0.4 is 15.0 Å². The van der Waals surface area contributed by atoms with E-state index in [1.54, 1.807) is 18.9 Å². The lowest BCUT2D eigenvalue weighted by Crippen LogP contribution is -2.56. The van der Waals surface area contributed by atoms with E-state index in [2.05, 4.69) is 51.3 Å². The average molecular weight is 616 g/mol. The Morgan fingerprint density at radius 2 is 1.77 bits per heavy atom. The number of hydrogen-bond donors (Lipinski definition) is 1. The molecule has 2 aliphatic heterocycles. The molecule has 2 heterocycles. The summed E-state index contributed by atoms with van der Waals surface area (Å²) in [5.74, 6) is -0.0289. The first kappa shape index (κ1) is 34.8. The van der Waals surface area contributed by atoms with Crippen LogP contribution in [0, 0.1) is 0 Å². The van der Waals surface area contributed by atoms with Crippen LogP contribution in [0.2, 0.25) is 18.1 Å². The molecule has 1 saturated heterocycles. The molecule has 1 aromatic rings. The Morgan fingerprint density at radius 3 is 2.42 bits per heavy atom. The van der Waals surface area contributed by atoms with E-state index in [0.717, 1.165) is 37.0 Å². The molecule has 1 N–H and O–H groups in total. The molecule has 2 aliphatic rings. The highest BCUT2D eigenvalue weighted by Crippen LogP contribution is 2.39. The number of fused-ring (bicyclic) bond motifs is 1. The third-order valence-electron chi connectivity index (χ3n) is 8.86. The number of methoxy groups -OCH3 is 1. The van der Waals surface area contributed by atoms with Crippen LogP contribution in [-0.2, 0) is 25.3 Å². The van der Waals surface area contributed by atoms with Gasteiger partial charge in [-0.3, -0.25) is 9.69 Å². The summed E-state index contributed by atoms with van der Waals surface area (Å²) in [5.41, 5.74) is 0.989. The molecule has 3 amide bonds. The van der Waals surface area contributed by atoms with Crippen molar-refractivity contribution in [2.24, 2.45) is 0 Å². The Morgan fingerprint density at radius 1 is 1.07 bits per heavy atom. The third-order valence-corrected chi connectivity index (χ3v) is 13.4. The summed E-state index contributed by atoms with van der Waals surface area (Å²) in [6.07, 6.45) is 9.24. The fourth-order valence-corrected chi connectivity index (χ4v) is 6.67. The zero-order chi connectivity index (χ0) is 31.6. The number of allylic oxidation sites excluding steroid dienone is 2. The number of hydrogen-bond acceptors (Lipinski definition) is 6. The molecule has 43 heavy (non-hydrogen) atoms. The van der Waals surface area contributed by atoms with Gasteiger partial charge in [0.15, 0.2) is 14.9 Å². The second-order valence-electron chi connectivity index (χ2n) is 13.2. The number of ether oxygens (including phenoxy) is 2. The van der Waals surface area contributed by atoms with Gasteiger partial charge in [-0.1, -0.05) is 56.4 Å². The summed E-state index contributed by atoms with van der Waals surface area (Å²) in [7, 11) is -0.539. The maximum atomic E-state index is 14.3. The molecular weight excluding hydrogens is 562 g/mol. The molecule has 1 radical (unpaired) electrons. The normalized spacial score (nSPS) is 23.5. The van der Waals surface area contributed by atoms with Crippen LogP contribution in [0.4, 0.5) is 4.79 Å². The van der Waals surface area contributed by atoms with E-state index in [0.29, 0.717) is 38.9 Å². The molecule has 1 fully saturated rings. The Balaban J connectivity index is 1.94. The second-order valence-corrected chi connectivity index (χ2v) is 17.9. The van der Waals surface area contributed by atoms with Crippen molar-refractivity contribution >= 4 is 26.2 Å². The highest BCUT2D eigenvalue weighted by Gasteiger charge is 2.54. The topological polar surface area (TPSA) is 100 Å². The number of nitrogens with one attached hydrogen (secondary N) is 1. The number of amides is 3. The van der Waals surface area contributed by atoms with Gasteiger partial charge in [-0.05, 0) is 74.9 Å². The van der Waals surface area contributed by atoms with Gasteiger partial charge < -0.3 is 19.2 Å². The number of carbonyl (C=O) groups excluding carboxylic acids is 3. The molecule has 9 nitrogen and oxygen atoms in total. The van der Waals surface area contributed by atoms with Crippen molar-refractivity contribution in [3.8, 4) is 5.75 Å². The van der Waals surface area contributed by atoms with Crippen molar-refractivity contribution in [3.63, 3.8) is 0 Å². The summed E-state index contributed by atoms with van der Waals surface area (Å²) in [4.78, 5) is 44.6. The minimum atomic E-state index is -2.17.